The van der Waals surface area contributed by atoms with Gasteiger partial charge in [-0.1, -0.05) is 12.1 Å². The summed E-state index contributed by atoms with van der Waals surface area (Å²) in [6.07, 6.45) is 0. The highest BCUT2D eigenvalue weighted by Crippen LogP contribution is 2.16. The molecule has 0 saturated carbocycles. The zero-order valence-corrected chi connectivity index (χ0v) is 14.0. The minimum atomic E-state index is -0.376. The van der Waals surface area contributed by atoms with Crippen LogP contribution in [0.1, 0.15) is 24.4 Å². The molecule has 3 rings (SSSR count). The third-order valence-electron chi connectivity index (χ3n) is 4.41. The third kappa shape index (κ3) is 3.49. The summed E-state index contributed by atoms with van der Waals surface area (Å²) in [7, 11) is 0. The number of amides is 1. The molecule has 1 fully saturated rings. The first kappa shape index (κ1) is 16.7. The highest BCUT2D eigenvalue weighted by Gasteiger charge is 2.29. The van der Waals surface area contributed by atoms with Gasteiger partial charge in [0.1, 0.15) is 5.58 Å². The standard InChI is InChI=1S/C18H22N2O4/c1-18(2,20-7-9-23-10-8-20)12-19-17(22)16-11-14(21)13-5-3-4-6-15(13)24-16/h3-6,11H,7-10,12H2,1-2H3,(H,19,22). The Morgan fingerprint density at radius 3 is 2.71 bits per heavy atom. The molecule has 0 radical (unpaired) electrons. The molecule has 1 aromatic heterocycles. The van der Waals surface area contributed by atoms with Gasteiger partial charge in [0.25, 0.3) is 5.91 Å². The van der Waals surface area contributed by atoms with Crippen molar-refractivity contribution < 1.29 is 13.9 Å². The minimum absolute atomic E-state index is 0.0384. The molecule has 1 N–H and O–H groups in total. The second-order valence-electron chi connectivity index (χ2n) is 6.57. The number of carbonyl (C=O) groups is 1. The number of rotatable bonds is 4. The number of morpholine rings is 1. The largest absolute Gasteiger partial charge is 0.451 e. The van der Waals surface area contributed by atoms with Gasteiger partial charge in [-0.15, -0.1) is 0 Å². The fourth-order valence-corrected chi connectivity index (χ4v) is 2.88. The van der Waals surface area contributed by atoms with Crippen LogP contribution in [0, 0.1) is 0 Å². The van der Waals surface area contributed by atoms with Crippen LogP contribution >= 0.6 is 0 Å². The number of hydrogen-bond acceptors (Lipinski definition) is 5. The Kier molecular flexibility index (Phi) is 4.69. The van der Waals surface area contributed by atoms with Gasteiger partial charge in [0.15, 0.2) is 11.2 Å². The molecule has 6 heteroatoms. The first-order valence-corrected chi connectivity index (χ1v) is 8.11. The van der Waals surface area contributed by atoms with Crippen molar-refractivity contribution in [3.63, 3.8) is 0 Å². The van der Waals surface area contributed by atoms with E-state index in [-0.39, 0.29) is 22.6 Å². The fourth-order valence-electron chi connectivity index (χ4n) is 2.88. The van der Waals surface area contributed by atoms with Crippen molar-refractivity contribution in [1.29, 1.82) is 0 Å². The van der Waals surface area contributed by atoms with E-state index in [0.717, 1.165) is 13.1 Å². The maximum Gasteiger partial charge on any atom is 0.287 e. The molecule has 2 aromatic rings. The molecular formula is C18H22N2O4. The first-order valence-electron chi connectivity index (χ1n) is 8.11. The number of nitrogens with zero attached hydrogens (tertiary/aromatic N) is 1. The summed E-state index contributed by atoms with van der Waals surface area (Å²) in [5.41, 5.74) is 0.00775. The van der Waals surface area contributed by atoms with Crippen molar-refractivity contribution in [2.45, 2.75) is 19.4 Å². The van der Waals surface area contributed by atoms with Crippen molar-refractivity contribution in [1.82, 2.24) is 10.2 Å². The number of carbonyl (C=O) groups excluding carboxylic acids is 1. The highest BCUT2D eigenvalue weighted by molar-refractivity contribution is 5.93. The monoisotopic (exact) mass is 330 g/mol. The summed E-state index contributed by atoms with van der Waals surface area (Å²) < 4.78 is 10.9. The lowest BCUT2D eigenvalue weighted by Gasteiger charge is -2.40. The molecule has 0 spiro atoms. The summed E-state index contributed by atoms with van der Waals surface area (Å²) >= 11 is 0. The van der Waals surface area contributed by atoms with Gasteiger partial charge in [-0.3, -0.25) is 14.5 Å². The van der Waals surface area contributed by atoms with E-state index >= 15 is 0 Å². The van der Waals surface area contributed by atoms with Gasteiger partial charge >= 0.3 is 0 Å². The van der Waals surface area contributed by atoms with E-state index in [1.165, 1.54) is 6.07 Å². The SMILES string of the molecule is CC(C)(CNC(=O)c1cc(=O)c2ccccc2o1)N1CCOCC1. The van der Waals surface area contributed by atoms with Gasteiger partial charge in [0.05, 0.1) is 18.6 Å². The van der Waals surface area contributed by atoms with E-state index in [0.29, 0.717) is 30.7 Å². The Balaban J connectivity index is 1.72. The molecule has 0 atom stereocenters. The Morgan fingerprint density at radius 1 is 1.25 bits per heavy atom. The van der Waals surface area contributed by atoms with Crippen molar-refractivity contribution in [2.24, 2.45) is 0 Å². The molecule has 2 heterocycles. The number of fused-ring (bicyclic) bond motifs is 1. The quantitative estimate of drug-likeness (QED) is 0.922. The Morgan fingerprint density at radius 2 is 1.96 bits per heavy atom. The van der Waals surface area contributed by atoms with Crippen LogP contribution in [0.15, 0.2) is 39.5 Å². The fraction of sp³-hybridized carbons (Fsp3) is 0.444. The van der Waals surface area contributed by atoms with Gasteiger partial charge in [-0.2, -0.15) is 0 Å². The molecule has 1 aromatic carbocycles. The van der Waals surface area contributed by atoms with E-state index in [2.05, 4.69) is 24.1 Å². The molecule has 0 bridgehead atoms. The first-order chi connectivity index (χ1) is 11.5. The highest BCUT2D eigenvalue weighted by atomic mass is 16.5. The topological polar surface area (TPSA) is 71.8 Å². The summed E-state index contributed by atoms with van der Waals surface area (Å²) in [6, 6.07) is 8.16. The van der Waals surface area contributed by atoms with Crippen molar-refractivity contribution >= 4 is 16.9 Å². The van der Waals surface area contributed by atoms with Crippen LogP contribution in [0.25, 0.3) is 11.0 Å². The molecule has 1 saturated heterocycles. The molecule has 1 amide bonds. The normalized spacial score (nSPS) is 16.2. The van der Waals surface area contributed by atoms with E-state index in [4.69, 9.17) is 9.15 Å². The second kappa shape index (κ2) is 6.75. The predicted octanol–water partition coefficient (Wildman–Crippen LogP) is 1.63. The number of benzene rings is 1. The van der Waals surface area contributed by atoms with Crippen molar-refractivity contribution in [3.8, 4) is 0 Å². The summed E-state index contributed by atoms with van der Waals surface area (Å²) in [5, 5.41) is 3.35. The molecule has 24 heavy (non-hydrogen) atoms. The molecule has 1 aliphatic heterocycles. The second-order valence-corrected chi connectivity index (χ2v) is 6.57. The number of ether oxygens (including phenoxy) is 1. The summed E-state index contributed by atoms with van der Waals surface area (Å²) in [5.74, 6) is -0.337. The molecule has 0 aliphatic carbocycles. The average molecular weight is 330 g/mol. The molecule has 6 nitrogen and oxygen atoms in total. The lowest BCUT2D eigenvalue weighted by atomic mass is 10.0. The van der Waals surface area contributed by atoms with Crippen LogP contribution in [0.4, 0.5) is 0 Å². The Labute approximate surface area is 140 Å². The van der Waals surface area contributed by atoms with Crippen LogP contribution in [0.3, 0.4) is 0 Å². The molecule has 1 aliphatic rings. The Bertz CT molecular complexity index is 791. The number of hydrogen-bond donors (Lipinski definition) is 1. The Hall–Kier alpha value is -2.18. The van der Waals surface area contributed by atoms with Crippen LogP contribution in [-0.4, -0.2) is 49.2 Å². The molecular weight excluding hydrogens is 308 g/mol. The van der Waals surface area contributed by atoms with Crippen LogP contribution < -0.4 is 10.7 Å². The minimum Gasteiger partial charge on any atom is -0.451 e. The summed E-state index contributed by atoms with van der Waals surface area (Å²) in [4.78, 5) is 26.8. The van der Waals surface area contributed by atoms with Crippen LogP contribution in [0.5, 0.6) is 0 Å². The van der Waals surface area contributed by atoms with Gasteiger partial charge in [0.2, 0.25) is 0 Å². The molecule has 0 unspecified atom stereocenters. The zero-order chi connectivity index (χ0) is 17.2. The zero-order valence-electron chi connectivity index (χ0n) is 14.0. The van der Waals surface area contributed by atoms with Crippen LogP contribution in [0.2, 0.25) is 0 Å². The summed E-state index contributed by atoms with van der Waals surface area (Å²) in [6.45, 7) is 7.71. The van der Waals surface area contributed by atoms with Gasteiger partial charge < -0.3 is 14.5 Å². The smallest absolute Gasteiger partial charge is 0.287 e. The number of nitrogens with one attached hydrogen (secondary N) is 1. The van der Waals surface area contributed by atoms with Gasteiger partial charge in [-0.05, 0) is 26.0 Å². The average Bonchev–Trinajstić information content (AvgIpc) is 2.60. The number of para-hydroxylation sites is 1. The van der Waals surface area contributed by atoms with E-state index in [1.54, 1.807) is 24.3 Å². The van der Waals surface area contributed by atoms with Crippen LogP contribution in [-0.2, 0) is 4.74 Å². The predicted molar refractivity (Wildman–Crippen MR) is 91.3 cm³/mol. The van der Waals surface area contributed by atoms with E-state index in [9.17, 15) is 9.59 Å². The van der Waals surface area contributed by atoms with E-state index in [1.807, 2.05) is 0 Å². The maximum atomic E-state index is 12.4. The van der Waals surface area contributed by atoms with Crippen molar-refractivity contribution in [3.05, 3.63) is 46.3 Å². The maximum absolute atomic E-state index is 12.4. The van der Waals surface area contributed by atoms with Gasteiger partial charge in [0, 0.05) is 31.2 Å². The lowest BCUT2D eigenvalue weighted by molar-refractivity contribution is -0.00930. The van der Waals surface area contributed by atoms with E-state index < -0.39 is 0 Å². The third-order valence-corrected chi connectivity index (χ3v) is 4.41. The van der Waals surface area contributed by atoms with Crippen molar-refractivity contribution in [2.75, 3.05) is 32.8 Å². The lowest BCUT2D eigenvalue weighted by Crippen LogP contribution is -2.55. The van der Waals surface area contributed by atoms with Gasteiger partial charge in [-0.25, -0.2) is 0 Å². The molecule has 128 valence electrons.